The number of nitrogens with one attached hydrogen (secondary N) is 3. The van der Waals surface area contributed by atoms with Crippen LogP contribution in [0.4, 0.5) is 4.79 Å². The molecule has 0 aromatic rings. The van der Waals surface area contributed by atoms with Gasteiger partial charge in [-0.2, -0.15) is 0 Å². The van der Waals surface area contributed by atoms with E-state index in [-0.39, 0.29) is 18.4 Å². The Balaban J connectivity index is 4.15. The molecule has 0 aliphatic rings. The van der Waals surface area contributed by atoms with Crippen molar-refractivity contribution in [1.82, 2.24) is 16.0 Å². The van der Waals surface area contributed by atoms with Crippen LogP contribution in [0.1, 0.15) is 34.1 Å². The quantitative estimate of drug-likeness (QED) is 0.476. The van der Waals surface area contributed by atoms with Gasteiger partial charge in [-0.3, -0.25) is 9.59 Å². The van der Waals surface area contributed by atoms with Gasteiger partial charge < -0.3 is 20.7 Å². The average molecular weight is 299 g/mol. The zero-order chi connectivity index (χ0) is 16.5. The molecule has 0 bridgehead atoms. The lowest BCUT2D eigenvalue weighted by molar-refractivity contribution is -0.123. The Labute approximate surface area is 125 Å². The van der Waals surface area contributed by atoms with Gasteiger partial charge in [-0.1, -0.05) is 13.5 Å². The summed E-state index contributed by atoms with van der Waals surface area (Å²) in [5, 5.41) is 7.66. The molecule has 120 valence electrons. The van der Waals surface area contributed by atoms with Crippen LogP contribution in [-0.4, -0.2) is 42.6 Å². The van der Waals surface area contributed by atoms with E-state index in [1.165, 1.54) is 0 Å². The molecule has 7 heteroatoms. The summed E-state index contributed by atoms with van der Waals surface area (Å²) in [5.74, 6) is -0.626. The summed E-state index contributed by atoms with van der Waals surface area (Å²) in [6.07, 6.45) is 0.953. The van der Waals surface area contributed by atoms with E-state index in [1.54, 1.807) is 27.7 Å². The van der Waals surface area contributed by atoms with Crippen molar-refractivity contribution in [2.45, 2.75) is 45.8 Å². The summed E-state index contributed by atoms with van der Waals surface area (Å²) in [7, 11) is 0. The van der Waals surface area contributed by atoms with Crippen LogP contribution in [0, 0.1) is 0 Å². The van der Waals surface area contributed by atoms with E-state index in [1.807, 2.05) is 0 Å². The number of amides is 3. The summed E-state index contributed by atoms with van der Waals surface area (Å²) >= 11 is 0. The molecule has 0 saturated carbocycles. The Bertz CT molecular complexity index is 388. The first-order valence-corrected chi connectivity index (χ1v) is 6.87. The van der Waals surface area contributed by atoms with Gasteiger partial charge in [0.2, 0.25) is 11.8 Å². The Morgan fingerprint density at radius 3 is 2.24 bits per heavy atom. The minimum Gasteiger partial charge on any atom is -0.444 e. The Morgan fingerprint density at radius 1 is 1.19 bits per heavy atom. The molecular weight excluding hydrogens is 274 g/mol. The number of hydrogen-bond donors (Lipinski definition) is 3. The number of ether oxygens (including phenoxy) is 1. The third-order valence-electron chi connectivity index (χ3n) is 2.32. The highest BCUT2D eigenvalue weighted by molar-refractivity contribution is 5.87. The van der Waals surface area contributed by atoms with E-state index < -0.39 is 17.7 Å². The predicted octanol–water partition coefficient (Wildman–Crippen LogP) is 0.708. The summed E-state index contributed by atoms with van der Waals surface area (Å²) < 4.78 is 5.09. The topological polar surface area (TPSA) is 96.5 Å². The molecule has 0 spiro atoms. The van der Waals surface area contributed by atoms with E-state index in [0.717, 1.165) is 6.08 Å². The predicted molar refractivity (Wildman–Crippen MR) is 79.7 cm³/mol. The molecule has 3 amide bonds. The fraction of sp³-hybridized carbons (Fsp3) is 0.643. The first-order valence-electron chi connectivity index (χ1n) is 6.87. The van der Waals surface area contributed by atoms with Crippen molar-refractivity contribution >= 4 is 17.9 Å². The SMILES string of the molecule is C=CC(=O)NCCNC(=O)C(CC)NC(=O)OC(C)(C)C. The Morgan fingerprint density at radius 2 is 1.76 bits per heavy atom. The molecule has 0 aliphatic carbocycles. The van der Waals surface area contributed by atoms with Crippen LogP contribution in [0.15, 0.2) is 12.7 Å². The third kappa shape index (κ3) is 9.48. The molecule has 0 radical (unpaired) electrons. The van der Waals surface area contributed by atoms with Crippen LogP contribution < -0.4 is 16.0 Å². The number of hydrogen-bond acceptors (Lipinski definition) is 4. The molecule has 21 heavy (non-hydrogen) atoms. The van der Waals surface area contributed by atoms with Crippen LogP contribution >= 0.6 is 0 Å². The molecule has 7 nitrogen and oxygen atoms in total. The maximum Gasteiger partial charge on any atom is 0.408 e. The second kappa shape index (κ2) is 8.99. The van der Waals surface area contributed by atoms with E-state index in [2.05, 4.69) is 22.5 Å². The van der Waals surface area contributed by atoms with Gasteiger partial charge in [0.1, 0.15) is 11.6 Å². The maximum absolute atomic E-state index is 11.9. The summed E-state index contributed by atoms with van der Waals surface area (Å²) in [4.78, 5) is 34.4. The standard InChI is InChI=1S/C14H25N3O4/c1-6-10(17-13(20)21-14(3,4)5)12(19)16-9-8-15-11(18)7-2/h7,10H,2,6,8-9H2,1,3-5H3,(H,15,18)(H,16,19)(H,17,20). The highest BCUT2D eigenvalue weighted by Crippen LogP contribution is 2.07. The highest BCUT2D eigenvalue weighted by Gasteiger charge is 2.22. The van der Waals surface area contributed by atoms with E-state index >= 15 is 0 Å². The van der Waals surface area contributed by atoms with Crippen molar-refractivity contribution < 1.29 is 19.1 Å². The zero-order valence-corrected chi connectivity index (χ0v) is 13.1. The number of carbonyl (C=O) groups is 3. The lowest BCUT2D eigenvalue weighted by Crippen LogP contribution is -2.49. The smallest absolute Gasteiger partial charge is 0.408 e. The zero-order valence-electron chi connectivity index (χ0n) is 13.1. The van der Waals surface area contributed by atoms with Gasteiger partial charge in [-0.15, -0.1) is 0 Å². The van der Waals surface area contributed by atoms with Gasteiger partial charge in [0.15, 0.2) is 0 Å². The van der Waals surface area contributed by atoms with Crippen molar-refractivity contribution in [2.24, 2.45) is 0 Å². The van der Waals surface area contributed by atoms with Crippen LogP contribution in [0.3, 0.4) is 0 Å². The van der Waals surface area contributed by atoms with Crippen molar-refractivity contribution in [3.8, 4) is 0 Å². The molecule has 0 fully saturated rings. The van der Waals surface area contributed by atoms with Crippen molar-refractivity contribution in [2.75, 3.05) is 13.1 Å². The summed E-state index contributed by atoms with van der Waals surface area (Å²) in [6.45, 7) is 10.9. The van der Waals surface area contributed by atoms with Crippen molar-refractivity contribution in [1.29, 1.82) is 0 Å². The normalized spacial score (nSPS) is 12.0. The molecule has 3 N–H and O–H groups in total. The van der Waals surface area contributed by atoms with E-state index in [0.29, 0.717) is 13.0 Å². The lowest BCUT2D eigenvalue weighted by Gasteiger charge is -2.22. The molecule has 0 saturated heterocycles. The van der Waals surface area contributed by atoms with Crippen LogP contribution in [0.25, 0.3) is 0 Å². The molecule has 0 rings (SSSR count). The molecule has 0 aliphatic heterocycles. The monoisotopic (exact) mass is 299 g/mol. The van der Waals surface area contributed by atoms with Gasteiger partial charge in [0.05, 0.1) is 0 Å². The van der Waals surface area contributed by atoms with Crippen LogP contribution in [0.2, 0.25) is 0 Å². The number of rotatable bonds is 7. The second-order valence-electron chi connectivity index (χ2n) is 5.39. The fourth-order valence-electron chi connectivity index (χ4n) is 1.37. The van der Waals surface area contributed by atoms with Crippen LogP contribution in [-0.2, 0) is 14.3 Å². The first-order chi connectivity index (χ1) is 9.69. The summed E-state index contributed by atoms with van der Waals surface area (Å²) in [6, 6.07) is -0.671. The van der Waals surface area contributed by atoms with Gasteiger partial charge in [0, 0.05) is 13.1 Å². The number of carbonyl (C=O) groups excluding carboxylic acids is 3. The van der Waals surface area contributed by atoms with Crippen molar-refractivity contribution in [3.05, 3.63) is 12.7 Å². The third-order valence-corrected chi connectivity index (χ3v) is 2.32. The minimum atomic E-state index is -0.671. The largest absolute Gasteiger partial charge is 0.444 e. The minimum absolute atomic E-state index is 0.269. The fourth-order valence-corrected chi connectivity index (χ4v) is 1.37. The molecule has 1 unspecified atom stereocenters. The van der Waals surface area contributed by atoms with Gasteiger partial charge in [-0.05, 0) is 33.3 Å². The molecular formula is C14H25N3O4. The average Bonchev–Trinajstić information content (AvgIpc) is 2.38. The second-order valence-corrected chi connectivity index (χ2v) is 5.39. The van der Waals surface area contributed by atoms with Crippen LogP contribution in [0.5, 0.6) is 0 Å². The molecule has 1 atom stereocenters. The van der Waals surface area contributed by atoms with E-state index in [9.17, 15) is 14.4 Å². The first kappa shape index (κ1) is 18.9. The molecule has 0 aromatic carbocycles. The lowest BCUT2D eigenvalue weighted by atomic mass is 10.2. The highest BCUT2D eigenvalue weighted by atomic mass is 16.6. The number of alkyl carbamates (subject to hydrolysis) is 1. The molecule has 0 heterocycles. The Kier molecular flexibility index (Phi) is 8.11. The van der Waals surface area contributed by atoms with Gasteiger partial charge >= 0.3 is 6.09 Å². The van der Waals surface area contributed by atoms with Crippen molar-refractivity contribution in [3.63, 3.8) is 0 Å². The van der Waals surface area contributed by atoms with E-state index in [4.69, 9.17) is 4.74 Å². The Hall–Kier alpha value is -2.05. The maximum atomic E-state index is 11.9. The molecule has 0 aromatic heterocycles. The van der Waals surface area contributed by atoms with Gasteiger partial charge in [-0.25, -0.2) is 4.79 Å². The van der Waals surface area contributed by atoms with Gasteiger partial charge in [0.25, 0.3) is 0 Å². The summed E-state index contributed by atoms with van der Waals surface area (Å²) in [5.41, 5.74) is -0.617.